The summed E-state index contributed by atoms with van der Waals surface area (Å²) in [4.78, 5) is 27.6. The van der Waals surface area contributed by atoms with Crippen LogP contribution >= 0.6 is 11.8 Å². The zero-order chi connectivity index (χ0) is 19.9. The molecule has 148 valence electrons. The third kappa shape index (κ3) is 5.16. The molecule has 3 rings (SSSR count). The van der Waals surface area contributed by atoms with Crippen LogP contribution in [0.25, 0.3) is 11.1 Å². The van der Waals surface area contributed by atoms with Crippen molar-refractivity contribution in [1.82, 2.24) is 4.90 Å². The smallest absolute Gasteiger partial charge is 0.309 e. The Morgan fingerprint density at radius 1 is 1.04 bits per heavy atom. The van der Waals surface area contributed by atoms with Gasteiger partial charge in [-0.3, -0.25) is 9.59 Å². The van der Waals surface area contributed by atoms with Gasteiger partial charge in [0.15, 0.2) is 0 Å². The summed E-state index contributed by atoms with van der Waals surface area (Å²) in [6.07, 6.45) is 1.38. The fourth-order valence-electron chi connectivity index (χ4n) is 3.46. The number of amides is 1. The first-order valence-corrected chi connectivity index (χ1v) is 10.7. The van der Waals surface area contributed by atoms with Crippen molar-refractivity contribution in [3.05, 3.63) is 54.6 Å². The summed E-state index contributed by atoms with van der Waals surface area (Å²) in [7, 11) is 0. The molecule has 0 spiro atoms. The molecule has 2 aromatic rings. The summed E-state index contributed by atoms with van der Waals surface area (Å²) in [5.74, 6) is -0.0625. The van der Waals surface area contributed by atoms with E-state index < -0.39 is 0 Å². The molecular weight excluding hydrogens is 370 g/mol. The fourth-order valence-corrected chi connectivity index (χ4v) is 4.42. The fraction of sp³-hybridized carbons (Fsp3) is 0.391. The first kappa shape index (κ1) is 20.5. The lowest BCUT2D eigenvalue weighted by atomic mass is 9.97. The predicted molar refractivity (Wildman–Crippen MR) is 113 cm³/mol. The van der Waals surface area contributed by atoms with E-state index in [4.69, 9.17) is 4.74 Å². The maximum atomic E-state index is 12.8. The van der Waals surface area contributed by atoms with Crippen molar-refractivity contribution in [2.75, 3.05) is 19.7 Å². The molecule has 1 fully saturated rings. The molecule has 1 saturated heterocycles. The van der Waals surface area contributed by atoms with Crippen molar-refractivity contribution in [1.29, 1.82) is 0 Å². The lowest BCUT2D eigenvalue weighted by Gasteiger charge is -2.32. The molecule has 1 amide bonds. The summed E-state index contributed by atoms with van der Waals surface area (Å²) in [5.41, 5.74) is 2.36. The quantitative estimate of drug-likeness (QED) is 0.526. The third-order valence-electron chi connectivity index (χ3n) is 5.05. The standard InChI is InChI=1S/C23H27NO3S/c1-3-27-23(26)20-13-15-24(16-14-20)22(25)17(2)28-21-11-9-19(10-12-21)18-7-5-4-6-8-18/h4-12,17,20H,3,13-16H2,1-2H3. The van der Waals surface area contributed by atoms with Crippen molar-refractivity contribution >= 4 is 23.6 Å². The molecule has 0 saturated carbocycles. The summed E-state index contributed by atoms with van der Waals surface area (Å²) < 4.78 is 5.10. The number of nitrogens with zero attached hydrogens (tertiary/aromatic N) is 1. The minimum absolute atomic E-state index is 0.0718. The number of rotatable bonds is 6. The van der Waals surface area contributed by atoms with Crippen molar-refractivity contribution in [3.8, 4) is 11.1 Å². The van der Waals surface area contributed by atoms with E-state index in [1.54, 1.807) is 11.8 Å². The second-order valence-corrected chi connectivity index (χ2v) is 8.42. The molecule has 0 aliphatic carbocycles. The van der Waals surface area contributed by atoms with Crippen molar-refractivity contribution in [2.45, 2.75) is 36.8 Å². The van der Waals surface area contributed by atoms with Gasteiger partial charge in [-0.1, -0.05) is 42.5 Å². The number of hydrogen-bond donors (Lipinski definition) is 0. The zero-order valence-electron chi connectivity index (χ0n) is 16.5. The van der Waals surface area contributed by atoms with Crippen LogP contribution in [-0.4, -0.2) is 41.7 Å². The lowest BCUT2D eigenvalue weighted by Crippen LogP contribution is -2.43. The number of likely N-dealkylation sites (tertiary alicyclic amines) is 1. The molecule has 1 atom stereocenters. The first-order valence-electron chi connectivity index (χ1n) is 9.86. The van der Waals surface area contributed by atoms with Gasteiger partial charge >= 0.3 is 5.97 Å². The number of thioether (sulfide) groups is 1. The van der Waals surface area contributed by atoms with E-state index in [1.165, 1.54) is 11.1 Å². The molecule has 1 aliphatic heterocycles. The van der Waals surface area contributed by atoms with Gasteiger partial charge in [-0.15, -0.1) is 11.8 Å². The Morgan fingerprint density at radius 3 is 2.25 bits per heavy atom. The Kier molecular flexibility index (Phi) is 7.15. The van der Waals surface area contributed by atoms with Gasteiger partial charge in [-0.2, -0.15) is 0 Å². The van der Waals surface area contributed by atoms with E-state index >= 15 is 0 Å². The minimum Gasteiger partial charge on any atom is -0.466 e. The van der Waals surface area contributed by atoms with Gasteiger partial charge in [-0.25, -0.2) is 0 Å². The van der Waals surface area contributed by atoms with E-state index in [1.807, 2.05) is 36.9 Å². The van der Waals surface area contributed by atoms with Crippen LogP contribution in [0, 0.1) is 5.92 Å². The maximum Gasteiger partial charge on any atom is 0.309 e. The van der Waals surface area contributed by atoms with Gasteiger partial charge in [0.2, 0.25) is 5.91 Å². The number of carbonyl (C=O) groups excluding carboxylic acids is 2. The molecule has 0 bridgehead atoms. The molecule has 2 aromatic carbocycles. The van der Waals surface area contributed by atoms with Crippen LogP contribution in [-0.2, 0) is 14.3 Å². The predicted octanol–water partition coefficient (Wildman–Crippen LogP) is 4.64. The van der Waals surface area contributed by atoms with Gasteiger partial charge in [0.05, 0.1) is 17.8 Å². The monoisotopic (exact) mass is 397 g/mol. The van der Waals surface area contributed by atoms with Crippen LogP contribution in [0.1, 0.15) is 26.7 Å². The highest BCUT2D eigenvalue weighted by Crippen LogP contribution is 2.29. The van der Waals surface area contributed by atoms with E-state index in [2.05, 4.69) is 36.4 Å². The van der Waals surface area contributed by atoms with Crippen LogP contribution in [0.3, 0.4) is 0 Å². The average molecular weight is 398 g/mol. The molecule has 1 heterocycles. The van der Waals surface area contributed by atoms with Crippen LogP contribution in [0.2, 0.25) is 0 Å². The van der Waals surface area contributed by atoms with E-state index in [0.29, 0.717) is 32.5 Å². The summed E-state index contributed by atoms with van der Waals surface area (Å²) in [6, 6.07) is 18.6. The number of esters is 1. The highest BCUT2D eigenvalue weighted by molar-refractivity contribution is 8.00. The van der Waals surface area contributed by atoms with Crippen LogP contribution in [0.5, 0.6) is 0 Å². The van der Waals surface area contributed by atoms with Gasteiger partial charge in [0, 0.05) is 18.0 Å². The largest absolute Gasteiger partial charge is 0.466 e. The van der Waals surface area contributed by atoms with E-state index in [0.717, 1.165) is 4.90 Å². The SMILES string of the molecule is CCOC(=O)C1CCN(C(=O)C(C)Sc2ccc(-c3ccccc3)cc2)CC1. The molecule has 0 radical (unpaired) electrons. The topological polar surface area (TPSA) is 46.6 Å². The highest BCUT2D eigenvalue weighted by atomic mass is 32.2. The lowest BCUT2D eigenvalue weighted by molar-refractivity contribution is -0.151. The van der Waals surface area contributed by atoms with Gasteiger partial charge in [0.1, 0.15) is 0 Å². The second kappa shape index (κ2) is 9.78. The second-order valence-electron chi connectivity index (χ2n) is 7.00. The molecule has 4 nitrogen and oxygen atoms in total. The molecule has 0 aromatic heterocycles. The molecule has 28 heavy (non-hydrogen) atoms. The van der Waals surface area contributed by atoms with Crippen LogP contribution < -0.4 is 0 Å². The normalized spacial score (nSPS) is 15.9. The summed E-state index contributed by atoms with van der Waals surface area (Å²) >= 11 is 1.58. The third-order valence-corrected chi connectivity index (χ3v) is 6.15. The Balaban J connectivity index is 1.53. The van der Waals surface area contributed by atoms with E-state index in [-0.39, 0.29) is 23.0 Å². The molecule has 0 N–H and O–H groups in total. The molecule has 5 heteroatoms. The Labute approximate surface area is 171 Å². The van der Waals surface area contributed by atoms with E-state index in [9.17, 15) is 9.59 Å². The van der Waals surface area contributed by atoms with Gasteiger partial charge < -0.3 is 9.64 Å². The highest BCUT2D eigenvalue weighted by Gasteiger charge is 2.30. The number of hydrogen-bond acceptors (Lipinski definition) is 4. The first-order chi connectivity index (χ1) is 13.6. The van der Waals surface area contributed by atoms with Crippen LogP contribution in [0.4, 0.5) is 0 Å². The summed E-state index contributed by atoms with van der Waals surface area (Å²) in [5, 5.41) is -0.151. The number of ether oxygens (including phenoxy) is 1. The van der Waals surface area contributed by atoms with Gasteiger partial charge in [0.25, 0.3) is 0 Å². The van der Waals surface area contributed by atoms with Gasteiger partial charge in [-0.05, 0) is 49.9 Å². The number of benzene rings is 2. The van der Waals surface area contributed by atoms with Crippen LogP contribution in [0.15, 0.2) is 59.5 Å². The van der Waals surface area contributed by atoms with Crippen molar-refractivity contribution in [3.63, 3.8) is 0 Å². The Hall–Kier alpha value is -2.27. The average Bonchev–Trinajstić information content (AvgIpc) is 2.74. The Bertz CT molecular complexity index is 783. The van der Waals surface area contributed by atoms with Crippen molar-refractivity contribution in [2.24, 2.45) is 5.92 Å². The maximum absolute atomic E-state index is 12.8. The summed E-state index contributed by atoms with van der Waals surface area (Å²) in [6.45, 7) is 5.44. The number of carbonyl (C=O) groups is 2. The molecule has 1 aliphatic rings. The van der Waals surface area contributed by atoms with Crippen molar-refractivity contribution < 1.29 is 14.3 Å². The molecular formula is C23H27NO3S. The molecule has 1 unspecified atom stereocenters. The zero-order valence-corrected chi connectivity index (χ0v) is 17.3. The number of piperidine rings is 1. The Morgan fingerprint density at radius 2 is 1.64 bits per heavy atom. The minimum atomic E-state index is -0.151.